The molecule has 0 aliphatic carbocycles. The highest BCUT2D eigenvalue weighted by molar-refractivity contribution is 7.99. The van der Waals surface area contributed by atoms with Gasteiger partial charge in [-0.2, -0.15) is 11.8 Å². The van der Waals surface area contributed by atoms with E-state index < -0.39 is 0 Å². The van der Waals surface area contributed by atoms with E-state index in [1.807, 2.05) is 0 Å². The number of likely N-dealkylation sites (tertiary alicyclic amines) is 1. The Balaban J connectivity index is 1.84. The Kier molecular flexibility index (Phi) is 4.35. The Bertz CT molecular complexity index is 182. The first-order valence-corrected chi connectivity index (χ1v) is 7.49. The highest BCUT2D eigenvalue weighted by atomic mass is 32.2. The molecule has 0 aromatic heterocycles. The van der Waals surface area contributed by atoms with Gasteiger partial charge in [0.05, 0.1) is 0 Å². The van der Waals surface area contributed by atoms with E-state index in [0.29, 0.717) is 0 Å². The van der Waals surface area contributed by atoms with Crippen molar-refractivity contribution in [3.63, 3.8) is 0 Å². The van der Waals surface area contributed by atoms with Crippen LogP contribution in [0.5, 0.6) is 0 Å². The van der Waals surface area contributed by atoms with Gasteiger partial charge in [0.2, 0.25) is 0 Å². The molecule has 0 spiro atoms. The normalized spacial score (nSPS) is 39.2. The van der Waals surface area contributed by atoms with Crippen molar-refractivity contribution in [3.05, 3.63) is 0 Å². The Morgan fingerprint density at radius 2 is 2.00 bits per heavy atom. The second-order valence-electron chi connectivity index (χ2n) is 5.05. The summed E-state index contributed by atoms with van der Waals surface area (Å²) in [5.41, 5.74) is 0. The Labute approximate surface area is 98.2 Å². The summed E-state index contributed by atoms with van der Waals surface area (Å²) in [4.78, 5) is 2.72. The average Bonchev–Trinajstić information content (AvgIpc) is 2.25. The summed E-state index contributed by atoms with van der Waals surface area (Å²) in [7, 11) is 0. The number of hydrogen-bond acceptors (Lipinski definition) is 3. The van der Waals surface area contributed by atoms with Crippen LogP contribution in [0.4, 0.5) is 0 Å². The third kappa shape index (κ3) is 3.11. The minimum Gasteiger partial charge on any atom is -0.311 e. The number of thioether (sulfide) groups is 1. The second kappa shape index (κ2) is 5.55. The zero-order chi connectivity index (χ0) is 10.7. The molecule has 2 nitrogen and oxygen atoms in total. The molecule has 2 fully saturated rings. The summed E-state index contributed by atoms with van der Waals surface area (Å²) in [6, 6.07) is 2.32. The molecule has 15 heavy (non-hydrogen) atoms. The van der Waals surface area contributed by atoms with Crippen LogP contribution in [0.15, 0.2) is 0 Å². The van der Waals surface area contributed by atoms with Gasteiger partial charge in [-0.15, -0.1) is 0 Å². The molecule has 3 heteroatoms. The molecule has 1 N–H and O–H groups in total. The zero-order valence-corrected chi connectivity index (χ0v) is 10.9. The minimum absolute atomic E-state index is 0.728. The summed E-state index contributed by atoms with van der Waals surface area (Å²) in [5.74, 6) is 2.59. The van der Waals surface area contributed by atoms with E-state index in [0.717, 1.165) is 18.1 Å². The molecule has 2 aliphatic rings. The lowest BCUT2D eigenvalue weighted by atomic mass is 9.97. The molecule has 1 unspecified atom stereocenters. The number of nitrogens with zero attached hydrogens (tertiary/aromatic N) is 1. The van der Waals surface area contributed by atoms with E-state index in [4.69, 9.17) is 0 Å². The molecule has 3 atom stereocenters. The van der Waals surface area contributed by atoms with Gasteiger partial charge in [0.15, 0.2) is 0 Å². The SMILES string of the molecule is C[C@@H]1CCC[C@H](C)N1CC1CSCCN1. The molecule has 2 heterocycles. The maximum Gasteiger partial charge on any atom is 0.0286 e. The van der Waals surface area contributed by atoms with E-state index in [9.17, 15) is 0 Å². The fourth-order valence-electron chi connectivity index (χ4n) is 2.83. The van der Waals surface area contributed by atoms with Crippen LogP contribution >= 0.6 is 11.8 Å². The van der Waals surface area contributed by atoms with E-state index in [1.165, 1.54) is 43.9 Å². The molecule has 0 aromatic carbocycles. The third-order valence-electron chi connectivity index (χ3n) is 3.81. The van der Waals surface area contributed by atoms with Crippen LogP contribution in [0.2, 0.25) is 0 Å². The molecule has 2 rings (SSSR count). The van der Waals surface area contributed by atoms with Crippen molar-refractivity contribution in [1.29, 1.82) is 0 Å². The van der Waals surface area contributed by atoms with Gasteiger partial charge in [0.1, 0.15) is 0 Å². The Morgan fingerprint density at radius 3 is 2.60 bits per heavy atom. The molecule has 0 bridgehead atoms. The lowest BCUT2D eigenvalue weighted by Gasteiger charge is -2.41. The van der Waals surface area contributed by atoms with E-state index in [2.05, 4.69) is 35.8 Å². The van der Waals surface area contributed by atoms with Crippen LogP contribution in [0, 0.1) is 0 Å². The molecule has 0 radical (unpaired) electrons. The topological polar surface area (TPSA) is 15.3 Å². The number of rotatable bonds is 2. The van der Waals surface area contributed by atoms with Crippen molar-refractivity contribution in [2.45, 2.75) is 51.2 Å². The van der Waals surface area contributed by atoms with Gasteiger partial charge >= 0.3 is 0 Å². The lowest BCUT2D eigenvalue weighted by Crippen LogP contribution is -2.52. The van der Waals surface area contributed by atoms with E-state index in [-0.39, 0.29) is 0 Å². The van der Waals surface area contributed by atoms with Crippen LogP contribution in [0.1, 0.15) is 33.1 Å². The maximum atomic E-state index is 3.64. The summed E-state index contributed by atoms with van der Waals surface area (Å²) in [6.07, 6.45) is 4.21. The van der Waals surface area contributed by atoms with Crippen LogP contribution in [-0.4, -0.2) is 47.6 Å². The smallest absolute Gasteiger partial charge is 0.0286 e. The molecule has 0 saturated carbocycles. The van der Waals surface area contributed by atoms with E-state index in [1.54, 1.807) is 0 Å². The average molecular weight is 228 g/mol. The molecule has 2 aliphatic heterocycles. The van der Waals surface area contributed by atoms with Gasteiger partial charge in [-0.05, 0) is 26.7 Å². The fraction of sp³-hybridized carbons (Fsp3) is 1.00. The summed E-state index contributed by atoms with van der Waals surface area (Å²) < 4.78 is 0. The fourth-order valence-corrected chi connectivity index (χ4v) is 3.76. The molecule has 0 amide bonds. The van der Waals surface area contributed by atoms with Gasteiger partial charge in [-0.25, -0.2) is 0 Å². The first kappa shape index (κ1) is 11.7. The molecular formula is C12H24N2S. The first-order valence-electron chi connectivity index (χ1n) is 6.34. The van der Waals surface area contributed by atoms with Crippen molar-refractivity contribution in [3.8, 4) is 0 Å². The second-order valence-corrected chi connectivity index (χ2v) is 6.20. The van der Waals surface area contributed by atoms with Crippen LogP contribution in [0.25, 0.3) is 0 Å². The van der Waals surface area contributed by atoms with Crippen molar-refractivity contribution in [2.75, 3.05) is 24.6 Å². The highest BCUT2D eigenvalue weighted by Crippen LogP contribution is 2.23. The van der Waals surface area contributed by atoms with Crippen LogP contribution < -0.4 is 5.32 Å². The zero-order valence-electron chi connectivity index (χ0n) is 10.0. The molecule has 2 saturated heterocycles. The van der Waals surface area contributed by atoms with Crippen LogP contribution in [-0.2, 0) is 0 Å². The maximum absolute atomic E-state index is 3.64. The summed E-state index contributed by atoms with van der Waals surface area (Å²) in [6.45, 7) is 7.25. The van der Waals surface area contributed by atoms with Crippen molar-refractivity contribution in [1.82, 2.24) is 10.2 Å². The summed E-state index contributed by atoms with van der Waals surface area (Å²) >= 11 is 2.10. The van der Waals surface area contributed by atoms with Gasteiger partial charge in [0, 0.05) is 42.7 Å². The third-order valence-corrected chi connectivity index (χ3v) is 4.94. The standard InChI is InChI=1S/C12H24N2S/c1-10-4-3-5-11(2)14(10)8-12-9-15-7-6-13-12/h10-13H,3-9H2,1-2H3/t10-,11+,12?. The first-order chi connectivity index (χ1) is 7.27. The van der Waals surface area contributed by atoms with Gasteiger partial charge in [0.25, 0.3) is 0 Å². The molecule has 0 aromatic rings. The predicted molar refractivity (Wildman–Crippen MR) is 68.6 cm³/mol. The van der Waals surface area contributed by atoms with Crippen LogP contribution in [0.3, 0.4) is 0 Å². The van der Waals surface area contributed by atoms with Gasteiger partial charge < -0.3 is 5.32 Å². The molecule has 88 valence electrons. The quantitative estimate of drug-likeness (QED) is 0.778. The highest BCUT2D eigenvalue weighted by Gasteiger charge is 2.27. The van der Waals surface area contributed by atoms with Crippen molar-refractivity contribution >= 4 is 11.8 Å². The summed E-state index contributed by atoms with van der Waals surface area (Å²) in [5, 5.41) is 3.64. The molecular weight excluding hydrogens is 204 g/mol. The van der Waals surface area contributed by atoms with Gasteiger partial charge in [-0.3, -0.25) is 4.90 Å². The Morgan fingerprint density at radius 1 is 1.27 bits per heavy atom. The largest absolute Gasteiger partial charge is 0.311 e. The monoisotopic (exact) mass is 228 g/mol. The predicted octanol–water partition coefficient (Wildman–Crippen LogP) is 1.95. The van der Waals surface area contributed by atoms with E-state index >= 15 is 0 Å². The van der Waals surface area contributed by atoms with Gasteiger partial charge in [-0.1, -0.05) is 6.42 Å². The lowest BCUT2D eigenvalue weighted by molar-refractivity contribution is 0.0938. The van der Waals surface area contributed by atoms with Crippen molar-refractivity contribution in [2.24, 2.45) is 0 Å². The number of nitrogens with one attached hydrogen (secondary N) is 1. The van der Waals surface area contributed by atoms with Crippen molar-refractivity contribution < 1.29 is 0 Å². The number of piperidine rings is 1. The number of hydrogen-bond donors (Lipinski definition) is 1. The minimum atomic E-state index is 0.728. The Hall–Kier alpha value is 0.270.